The van der Waals surface area contributed by atoms with Gasteiger partial charge in [-0.15, -0.1) is 0 Å². The molecule has 0 N–H and O–H groups in total. The maximum atomic E-state index is 14.2. The number of carbonyl (C=O) groups is 2. The standard InChI is InChI=1S/C25H27F2NO3/c1-5-31-25(30)24-16(4)28(14-19-10-11-20(26)12-22(19)27)23(29)13-21(24)18-8-6-17(7-9-18)15(2)3/h6-12,15,21H,5,13-14H2,1-4H3. The smallest absolute Gasteiger partial charge is 0.336 e. The van der Waals surface area contributed by atoms with Crippen LogP contribution in [0.3, 0.4) is 0 Å². The van der Waals surface area contributed by atoms with E-state index in [9.17, 15) is 18.4 Å². The van der Waals surface area contributed by atoms with Crippen LogP contribution in [0.1, 0.15) is 62.6 Å². The van der Waals surface area contributed by atoms with Crippen molar-refractivity contribution in [3.63, 3.8) is 0 Å². The highest BCUT2D eigenvalue weighted by Crippen LogP contribution is 2.38. The Balaban J connectivity index is 2.02. The van der Waals surface area contributed by atoms with Crippen LogP contribution < -0.4 is 0 Å². The zero-order valence-electron chi connectivity index (χ0n) is 18.2. The van der Waals surface area contributed by atoms with Crippen molar-refractivity contribution in [2.45, 2.75) is 52.5 Å². The molecule has 164 valence electrons. The third-order valence-electron chi connectivity index (χ3n) is 5.67. The van der Waals surface area contributed by atoms with Gasteiger partial charge in [0.1, 0.15) is 11.6 Å². The minimum Gasteiger partial charge on any atom is -0.463 e. The highest BCUT2D eigenvalue weighted by atomic mass is 19.1. The van der Waals surface area contributed by atoms with Crippen molar-refractivity contribution in [2.75, 3.05) is 6.61 Å². The topological polar surface area (TPSA) is 46.6 Å². The van der Waals surface area contributed by atoms with E-state index >= 15 is 0 Å². The number of rotatable bonds is 6. The van der Waals surface area contributed by atoms with Gasteiger partial charge in [-0.2, -0.15) is 0 Å². The molecule has 0 bridgehead atoms. The summed E-state index contributed by atoms with van der Waals surface area (Å²) in [6.07, 6.45) is 0.0648. The second-order valence-corrected chi connectivity index (χ2v) is 8.01. The fourth-order valence-corrected chi connectivity index (χ4v) is 3.90. The van der Waals surface area contributed by atoms with Gasteiger partial charge in [0, 0.05) is 29.7 Å². The van der Waals surface area contributed by atoms with E-state index in [0.717, 1.165) is 23.3 Å². The van der Waals surface area contributed by atoms with Gasteiger partial charge < -0.3 is 9.64 Å². The third-order valence-corrected chi connectivity index (χ3v) is 5.67. The van der Waals surface area contributed by atoms with Gasteiger partial charge in [0.25, 0.3) is 0 Å². The minimum atomic E-state index is -0.732. The van der Waals surface area contributed by atoms with Crippen molar-refractivity contribution in [2.24, 2.45) is 0 Å². The second-order valence-electron chi connectivity index (χ2n) is 8.01. The Hall–Kier alpha value is -3.02. The predicted molar refractivity (Wildman–Crippen MR) is 114 cm³/mol. The molecule has 1 atom stereocenters. The van der Waals surface area contributed by atoms with Gasteiger partial charge in [0.05, 0.1) is 18.7 Å². The monoisotopic (exact) mass is 427 g/mol. The van der Waals surface area contributed by atoms with Gasteiger partial charge in [0.2, 0.25) is 5.91 Å². The largest absolute Gasteiger partial charge is 0.463 e. The molecule has 1 aliphatic heterocycles. The van der Waals surface area contributed by atoms with E-state index in [1.54, 1.807) is 13.8 Å². The lowest BCUT2D eigenvalue weighted by molar-refractivity contribution is -0.140. The normalized spacial score (nSPS) is 16.8. The molecule has 0 spiro atoms. The molecule has 0 saturated carbocycles. The Morgan fingerprint density at radius 1 is 1.16 bits per heavy atom. The van der Waals surface area contributed by atoms with Crippen LogP contribution in [-0.2, 0) is 20.9 Å². The summed E-state index contributed by atoms with van der Waals surface area (Å²) in [6.45, 7) is 7.70. The van der Waals surface area contributed by atoms with Crippen LogP contribution in [0.4, 0.5) is 8.78 Å². The van der Waals surface area contributed by atoms with E-state index in [4.69, 9.17) is 4.74 Å². The first-order valence-corrected chi connectivity index (χ1v) is 10.4. The number of benzene rings is 2. The lowest BCUT2D eigenvalue weighted by Crippen LogP contribution is -2.38. The lowest BCUT2D eigenvalue weighted by atomic mass is 9.83. The highest BCUT2D eigenvalue weighted by molar-refractivity contribution is 5.95. The number of ether oxygens (including phenoxy) is 1. The lowest BCUT2D eigenvalue weighted by Gasteiger charge is -2.34. The fourth-order valence-electron chi connectivity index (χ4n) is 3.90. The summed E-state index contributed by atoms with van der Waals surface area (Å²) in [4.78, 5) is 27.2. The summed E-state index contributed by atoms with van der Waals surface area (Å²) >= 11 is 0. The van der Waals surface area contributed by atoms with Crippen LogP contribution in [0.2, 0.25) is 0 Å². The molecule has 3 rings (SSSR count). The molecule has 0 radical (unpaired) electrons. The highest BCUT2D eigenvalue weighted by Gasteiger charge is 2.37. The zero-order valence-corrected chi connectivity index (χ0v) is 18.2. The number of hydrogen-bond acceptors (Lipinski definition) is 3. The van der Waals surface area contributed by atoms with E-state index in [0.29, 0.717) is 17.2 Å². The molecule has 0 aliphatic carbocycles. The maximum Gasteiger partial charge on any atom is 0.336 e. The molecule has 1 aliphatic rings. The number of esters is 1. The Kier molecular flexibility index (Phi) is 6.88. The van der Waals surface area contributed by atoms with Crippen LogP contribution in [0, 0.1) is 11.6 Å². The van der Waals surface area contributed by atoms with E-state index < -0.39 is 23.5 Å². The summed E-state index contributed by atoms with van der Waals surface area (Å²) in [5.74, 6) is -2.21. The molecular weight excluding hydrogens is 400 g/mol. The number of hydrogen-bond donors (Lipinski definition) is 0. The molecule has 0 saturated heterocycles. The van der Waals surface area contributed by atoms with Crippen molar-refractivity contribution in [3.05, 3.63) is 82.1 Å². The van der Waals surface area contributed by atoms with Gasteiger partial charge in [-0.25, -0.2) is 13.6 Å². The molecular formula is C25H27F2NO3. The number of amides is 1. The van der Waals surface area contributed by atoms with Crippen molar-refractivity contribution in [3.8, 4) is 0 Å². The van der Waals surface area contributed by atoms with Gasteiger partial charge >= 0.3 is 5.97 Å². The number of carbonyl (C=O) groups excluding carboxylic acids is 2. The first-order chi connectivity index (χ1) is 14.7. The SMILES string of the molecule is CCOC(=O)C1=C(C)N(Cc2ccc(F)cc2F)C(=O)CC1c1ccc(C(C)C)cc1. The molecule has 1 amide bonds. The Bertz CT molecular complexity index is 1010. The van der Waals surface area contributed by atoms with Crippen LogP contribution >= 0.6 is 0 Å². The third kappa shape index (κ3) is 4.84. The van der Waals surface area contributed by atoms with Crippen molar-refractivity contribution < 1.29 is 23.1 Å². The number of nitrogens with zero attached hydrogens (tertiary/aromatic N) is 1. The van der Waals surface area contributed by atoms with Crippen molar-refractivity contribution in [1.82, 2.24) is 4.90 Å². The van der Waals surface area contributed by atoms with Crippen LogP contribution in [0.25, 0.3) is 0 Å². The maximum absolute atomic E-state index is 14.2. The van der Waals surface area contributed by atoms with Crippen molar-refractivity contribution >= 4 is 11.9 Å². The summed E-state index contributed by atoms with van der Waals surface area (Å²) in [5.41, 5.74) is 3.01. The second kappa shape index (κ2) is 9.41. The molecule has 2 aromatic rings. The average molecular weight is 427 g/mol. The van der Waals surface area contributed by atoms with Crippen molar-refractivity contribution in [1.29, 1.82) is 0 Å². The predicted octanol–water partition coefficient (Wildman–Crippen LogP) is 5.44. The summed E-state index contributed by atoms with van der Waals surface area (Å²) in [6, 6.07) is 11.1. The zero-order chi connectivity index (χ0) is 22.7. The van der Waals surface area contributed by atoms with Gasteiger partial charge in [-0.1, -0.05) is 44.2 Å². The molecule has 6 heteroatoms. The van der Waals surface area contributed by atoms with Gasteiger partial charge in [-0.3, -0.25) is 4.79 Å². The molecule has 31 heavy (non-hydrogen) atoms. The summed E-state index contributed by atoms with van der Waals surface area (Å²) in [5, 5.41) is 0. The van der Waals surface area contributed by atoms with Crippen LogP contribution in [-0.4, -0.2) is 23.4 Å². The molecule has 0 fully saturated rings. The van der Waals surface area contributed by atoms with E-state index in [1.165, 1.54) is 11.0 Å². The Morgan fingerprint density at radius 3 is 2.42 bits per heavy atom. The van der Waals surface area contributed by atoms with Gasteiger partial charge in [-0.05, 0) is 37.0 Å². The Morgan fingerprint density at radius 2 is 1.84 bits per heavy atom. The first-order valence-electron chi connectivity index (χ1n) is 10.4. The van der Waals surface area contributed by atoms with Gasteiger partial charge in [0.15, 0.2) is 0 Å². The average Bonchev–Trinajstić information content (AvgIpc) is 2.72. The fraction of sp³-hybridized carbons (Fsp3) is 0.360. The van der Waals surface area contributed by atoms with Crippen LogP contribution in [0.15, 0.2) is 53.7 Å². The van der Waals surface area contributed by atoms with E-state index in [2.05, 4.69) is 13.8 Å². The minimum absolute atomic E-state index is 0.0648. The van der Waals surface area contributed by atoms with E-state index in [1.807, 2.05) is 24.3 Å². The Labute approximate surface area is 181 Å². The molecule has 2 aromatic carbocycles. The molecule has 0 aromatic heterocycles. The molecule has 4 nitrogen and oxygen atoms in total. The van der Waals surface area contributed by atoms with Crippen LogP contribution in [0.5, 0.6) is 0 Å². The first kappa shape index (κ1) is 22.7. The number of allylic oxidation sites excluding steroid dienone is 1. The number of halogens is 2. The summed E-state index contributed by atoms with van der Waals surface area (Å²) < 4.78 is 32.7. The van der Waals surface area contributed by atoms with E-state index in [-0.39, 0.29) is 31.0 Å². The quantitative estimate of drug-likeness (QED) is 0.577. The summed E-state index contributed by atoms with van der Waals surface area (Å²) in [7, 11) is 0. The molecule has 1 heterocycles. The molecule has 1 unspecified atom stereocenters.